The number of pyridine rings is 1. The summed E-state index contributed by atoms with van der Waals surface area (Å²) in [7, 11) is 1.80. The summed E-state index contributed by atoms with van der Waals surface area (Å²) in [6.45, 7) is 2.35. The van der Waals surface area contributed by atoms with E-state index in [1.807, 2.05) is 12.1 Å². The minimum absolute atomic E-state index is 0.0662. The fourth-order valence-corrected chi connectivity index (χ4v) is 3.25. The highest BCUT2D eigenvalue weighted by atomic mass is 16.1. The third-order valence-corrected chi connectivity index (χ3v) is 4.80. The van der Waals surface area contributed by atoms with Gasteiger partial charge in [0.25, 0.3) is 0 Å². The summed E-state index contributed by atoms with van der Waals surface area (Å²) < 4.78 is 0. The molecule has 0 atom stereocenters. The van der Waals surface area contributed by atoms with Gasteiger partial charge < -0.3 is 10.6 Å². The summed E-state index contributed by atoms with van der Waals surface area (Å²) >= 11 is 0. The van der Waals surface area contributed by atoms with Gasteiger partial charge in [-0.25, -0.2) is 9.97 Å². The Morgan fingerprint density at radius 1 is 1.20 bits per heavy atom. The maximum atomic E-state index is 13.0. The summed E-state index contributed by atoms with van der Waals surface area (Å²) in [5, 5.41) is 8.96. The van der Waals surface area contributed by atoms with Crippen molar-refractivity contribution in [1.82, 2.24) is 15.0 Å². The fourth-order valence-electron chi connectivity index (χ4n) is 3.25. The highest BCUT2D eigenvalue weighted by molar-refractivity contribution is 6.00. The minimum Gasteiger partial charge on any atom is -0.382 e. The van der Waals surface area contributed by atoms with Gasteiger partial charge in [0.05, 0.1) is 18.0 Å². The van der Waals surface area contributed by atoms with Crippen LogP contribution >= 0.6 is 0 Å². The van der Waals surface area contributed by atoms with Crippen molar-refractivity contribution in [3.8, 4) is 17.3 Å². The van der Waals surface area contributed by atoms with Gasteiger partial charge in [-0.2, -0.15) is 5.26 Å². The minimum atomic E-state index is -0.246. The molecule has 152 valence electrons. The van der Waals surface area contributed by atoms with Gasteiger partial charge in [-0.1, -0.05) is 37.6 Å². The number of nitriles is 1. The van der Waals surface area contributed by atoms with Crippen LogP contribution in [-0.4, -0.2) is 34.3 Å². The van der Waals surface area contributed by atoms with Crippen molar-refractivity contribution in [1.29, 1.82) is 5.26 Å². The summed E-state index contributed by atoms with van der Waals surface area (Å²) in [4.78, 5) is 27.6. The Bertz CT molecular complexity index is 1070. The van der Waals surface area contributed by atoms with Crippen LogP contribution in [0.15, 0.2) is 48.9 Å². The topological polar surface area (TPSA) is 109 Å². The molecule has 0 aliphatic heterocycles. The van der Waals surface area contributed by atoms with Crippen LogP contribution in [0.4, 0.5) is 11.5 Å². The zero-order chi connectivity index (χ0) is 21.5. The normalized spacial score (nSPS) is 10.4. The van der Waals surface area contributed by atoms with Crippen molar-refractivity contribution in [3.63, 3.8) is 0 Å². The highest BCUT2D eigenvalue weighted by Gasteiger charge is 2.18. The molecule has 0 unspecified atom stereocenters. The molecule has 30 heavy (non-hydrogen) atoms. The standard InChI is InChI=1S/C23H24N6O/c1-3-4-16-5-7-17(8-6-16)19-15-27-23(25)22(28-19)21(30)13-18-14-26-11-9-20(18)29(2)12-10-24/h5-9,11,14-15H,3-4,12-13H2,1-2H3,(H2,25,27). The van der Waals surface area contributed by atoms with E-state index >= 15 is 0 Å². The Hall–Kier alpha value is -3.79. The van der Waals surface area contributed by atoms with Gasteiger partial charge >= 0.3 is 0 Å². The first kappa shape index (κ1) is 20.9. The van der Waals surface area contributed by atoms with Crippen molar-refractivity contribution in [3.05, 3.63) is 65.7 Å². The molecule has 7 nitrogen and oxygen atoms in total. The van der Waals surface area contributed by atoms with E-state index in [1.165, 1.54) is 5.56 Å². The van der Waals surface area contributed by atoms with Crippen molar-refractivity contribution in [2.24, 2.45) is 0 Å². The molecule has 7 heteroatoms. The maximum Gasteiger partial charge on any atom is 0.189 e. The number of aryl methyl sites for hydroxylation is 1. The Morgan fingerprint density at radius 2 is 1.97 bits per heavy atom. The molecule has 1 aromatic carbocycles. The number of anilines is 2. The van der Waals surface area contributed by atoms with Crippen LogP contribution in [0, 0.1) is 11.3 Å². The van der Waals surface area contributed by atoms with E-state index in [0.717, 1.165) is 24.1 Å². The predicted molar refractivity (Wildman–Crippen MR) is 117 cm³/mol. The molecule has 2 aromatic heterocycles. The number of hydrogen-bond donors (Lipinski definition) is 1. The van der Waals surface area contributed by atoms with Crippen LogP contribution in [0.25, 0.3) is 11.3 Å². The number of Topliss-reactive ketones (excluding diaryl/α,β-unsaturated/α-hetero) is 1. The third kappa shape index (κ3) is 4.78. The molecule has 0 aliphatic carbocycles. The van der Waals surface area contributed by atoms with Gasteiger partial charge in [0, 0.05) is 42.7 Å². The Kier molecular flexibility index (Phi) is 6.71. The van der Waals surface area contributed by atoms with Crippen LogP contribution in [0.5, 0.6) is 0 Å². The van der Waals surface area contributed by atoms with E-state index in [-0.39, 0.29) is 30.3 Å². The van der Waals surface area contributed by atoms with Crippen LogP contribution in [0.3, 0.4) is 0 Å². The number of nitrogens with zero attached hydrogens (tertiary/aromatic N) is 5. The Labute approximate surface area is 176 Å². The van der Waals surface area contributed by atoms with Gasteiger partial charge in [-0.3, -0.25) is 9.78 Å². The van der Waals surface area contributed by atoms with Gasteiger partial charge in [-0.05, 0) is 18.1 Å². The molecule has 0 aliphatic rings. The lowest BCUT2D eigenvalue weighted by atomic mass is 10.0. The van der Waals surface area contributed by atoms with Crippen LogP contribution < -0.4 is 10.6 Å². The maximum absolute atomic E-state index is 13.0. The summed E-state index contributed by atoms with van der Waals surface area (Å²) in [6, 6.07) is 12.0. The zero-order valence-corrected chi connectivity index (χ0v) is 17.2. The lowest BCUT2D eigenvalue weighted by Gasteiger charge is -2.18. The molecule has 0 bridgehead atoms. The van der Waals surface area contributed by atoms with Crippen LogP contribution in [0.2, 0.25) is 0 Å². The summed E-state index contributed by atoms with van der Waals surface area (Å²) in [5.74, 6) is -0.147. The Balaban J connectivity index is 1.87. The van der Waals surface area contributed by atoms with E-state index in [1.54, 1.807) is 36.6 Å². The number of hydrogen-bond acceptors (Lipinski definition) is 7. The highest BCUT2D eigenvalue weighted by Crippen LogP contribution is 2.23. The molecule has 0 spiro atoms. The van der Waals surface area contributed by atoms with Crippen molar-refractivity contribution in [2.75, 3.05) is 24.2 Å². The van der Waals surface area contributed by atoms with Crippen molar-refractivity contribution < 1.29 is 4.79 Å². The first-order chi connectivity index (χ1) is 14.5. The molecule has 0 saturated heterocycles. The summed E-state index contributed by atoms with van der Waals surface area (Å²) in [6.07, 6.45) is 7.01. The number of nitrogens with two attached hydrogens (primary N) is 1. The number of carbonyl (C=O) groups excluding carboxylic acids is 1. The largest absolute Gasteiger partial charge is 0.382 e. The number of aromatic nitrogens is 3. The van der Waals surface area contributed by atoms with Gasteiger partial charge in [0.1, 0.15) is 12.2 Å². The Morgan fingerprint density at radius 3 is 2.67 bits per heavy atom. The first-order valence-corrected chi connectivity index (χ1v) is 9.79. The molecule has 2 heterocycles. The monoisotopic (exact) mass is 400 g/mol. The zero-order valence-electron chi connectivity index (χ0n) is 17.2. The molecule has 2 N–H and O–H groups in total. The quantitative estimate of drug-likeness (QED) is 0.455. The first-order valence-electron chi connectivity index (χ1n) is 9.79. The molecule has 0 fully saturated rings. The molecule has 0 amide bonds. The predicted octanol–water partition coefficient (Wildman–Crippen LogP) is 3.46. The molecule has 0 saturated carbocycles. The number of benzene rings is 1. The second-order valence-electron chi connectivity index (χ2n) is 7.05. The van der Waals surface area contributed by atoms with E-state index in [0.29, 0.717) is 11.3 Å². The van der Waals surface area contributed by atoms with Gasteiger partial charge in [0.15, 0.2) is 11.6 Å². The third-order valence-electron chi connectivity index (χ3n) is 4.80. The number of ketones is 1. The van der Waals surface area contributed by atoms with E-state index in [2.05, 4.69) is 40.1 Å². The van der Waals surface area contributed by atoms with Crippen molar-refractivity contribution >= 4 is 17.3 Å². The lowest BCUT2D eigenvalue weighted by Crippen LogP contribution is -2.20. The van der Waals surface area contributed by atoms with Gasteiger partial charge in [0.2, 0.25) is 0 Å². The smallest absolute Gasteiger partial charge is 0.189 e. The van der Waals surface area contributed by atoms with E-state index in [9.17, 15) is 4.79 Å². The van der Waals surface area contributed by atoms with Crippen LogP contribution in [0.1, 0.15) is 35.0 Å². The molecule has 3 aromatic rings. The van der Waals surface area contributed by atoms with Crippen molar-refractivity contribution in [2.45, 2.75) is 26.2 Å². The number of rotatable bonds is 8. The molecule has 3 rings (SSSR count). The summed E-state index contributed by atoms with van der Waals surface area (Å²) in [5.41, 5.74) is 10.3. The molecular weight excluding hydrogens is 376 g/mol. The average molecular weight is 400 g/mol. The average Bonchev–Trinajstić information content (AvgIpc) is 2.75. The van der Waals surface area contributed by atoms with Crippen LogP contribution in [-0.2, 0) is 12.8 Å². The fraction of sp³-hybridized carbons (Fsp3) is 0.261. The van der Waals surface area contributed by atoms with E-state index in [4.69, 9.17) is 11.0 Å². The second-order valence-corrected chi connectivity index (χ2v) is 7.05. The lowest BCUT2D eigenvalue weighted by molar-refractivity contribution is 0.0989. The van der Waals surface area contributed by atoms with Gasteiger partial charge in [-0.15, -0.1) is 0 Å². The van der Waals surface area contributed by atoms with E-state index < -0.39 is 0 Å². The second kappa shape index (κ2) is 9.61. The molecular formula is C23H24N6O. The molecule has 0 radical (unpaired) electrons. The SMILES string of the molecule is CCCc1ccc(-c2cnc(N)c(C(=O)Cc3cnccc3N(C)CC#N)n2)cc1. The number of nitrogen functional groups attached to an aromatic ring is 1. The number of carbonyl (C=O) groups is 1.